The van der Waals surface area contributed by atoms with Crippen molar-refractivity contribution in [2.45, 2.75) is 11.8 Å². The normalized spacial score (nSPS) is 13.6. The third kappa shape index (κ3) is 3.88. The van der Waals surface area contributed by atoms with Gasteiger partial charge in [-0.15, -0.1) is 0 Å². The summed E-state index contributed by atoms with van der Waals surface area (Å²) in [5, 5.41) is 3.00. The van der Waals surface area contributed by atoms with Crippen LogP contribution in [0.25, 0.3) is 0 Å². The van der Waals surface area contributed by atoms with Crippen molar-refractivity contribution in [1.82, 2.24) is 15.0 Å². The second kappa shape index (κ2) is 5.93. The maximum absolute atomic E-state index is 11.8. The Morgan fingerprint density at radius 3 is 2.75 bits per heavy atom. The Kier molecular flexibility index (Phi) is 4.85. The predicted molar refractivity (Wildman–Crippen MR) is 62.5 cm³/mol. The van der Waals surface area contributed by atoms with E-state index in [-0.39, 0.29) is 10.8 Å². The van der Waals surface area contributed by atoms with E-state index in [1.807, 2.05) is 14.0 Å². The third-order valence-corrected chi connectivity index (χ3v) is 3.53. The number of nitrogens with zero attached hydrogens (tertiary/aromatic N) is 1. The Balaban J connectivity index is 2.60. The van der Waals surface area contributed by atoms with Crippen LogP contribution in [0.15, 0.2) is 29.4 Å². The molecule has 0 fully saturated rings. The molecule has 0 aliphatic heterocycles. The topological polar surface area (TPSA) is 71.1 Å². The Labute approximate surface area is 96.3 Å². The van der Waals surface area contributed by atoms with E-state index < -0.39 is 10.0 Å². The first-order chi connectivity index (χ1) is 7.56. The van der Waals surface area contributed by atoms with E-state index in [0.29, 0.717) is 6.54 Å². The van der Waals surface area contributed by atoms with Gasteiger partial charge in [-0.3, -0.25) is 4.98 Å². The van der Waals surface area contributed by atoms with Gasteiger partial charge in [0.2, 0.25) is 10.0 Å². The average molecular weight is 243 g/mol. The van der Waals surface area contributed by atoms with E-state index in [1.54, 1.807) is 12.3 Å². The molecule has 0 saturated heterocycles. The zero-order valence-electron chi connectivity index (χ0n) is 9.47. The number of aromatic nitrogens is 1. The fourth-order valence-electron chi connectivity index (χ4n) is 1.26. The van der Waals surface area contributed by atoms with Crippen molar-refractivity contribution in [3.63, 3.8) is 0 Å². The highest BCUT2D eigenvalue weighted by atomic mass is 32.2. The van der Waals surface area contributed by atoms with E-state index >= 15 is 0 Å². The van der Waals surface area contributed by atoms with Crippen LogP contribution in [-0.2, 0) is 10.0 Å². The van der Waals surface area contributed by atoms with E-state index in [0.717, 1.165) is 6.54 Å². The molecule has 0 amide bonds. The van der Waals surface area contributed by atoms with Gasteiger partial charge in [0, 0.05) is 18.9 Å². The molecular weight excluding hydrogens is 226 g/mol. The van der Waals surface area contributed by atoms with E-state index in [4.69, 9.17) is 0 Å². The van der Waals surface area contributed by atoms with Crippen LogP contribution < -0.4 is 10.0 Å². The van der Waals surface area contributed by atoms with Crippen LogP contribution >= 0.6 is 0 Å². The van der Waals surface area contributed by atoms with Gasteiger partial charge in [-0.1, -0.05) is 6.92 Å². The lowest BCUT2D eigenvalue weighted by atomic mass is 10.2. The first-order valence-electron chi connectivity index (χ1n) is 5.10. The van der Waals surface area contributed by atoms with Crippen LogP contribution in [0.4, 0.5) is 0 Å². The number of pyridine rings is 1. The molecular formula is C10H17N3O2S. The van der Waals surface area contributed by atoms with Crippen molar-refractivity contribution in [2.75, 3.05) is 20.1 Å². The van der Waals surface area contributed by atoms with Gasteiger partial charge in [-0.05, 0) is 31.6 Å². The summed E-state index contributed by atoms with van der Waals surface area (Å²) in [6.45, 7) is 3.16. The van der Waals surface area contributed by atoms with Crippen molar-refractivity contribution < 1.29 is 8.42 Å². The first-order valence-corrected chi connectivity index (χ1v) is 6.59. The minimum absolute atomic E-state index is 0.201. The molecule has 1 atom stereocenters. The Hall–Kier alpha value is -0.980. The standard InChI is InChI=1S/C10H17N3O2S/c1-9(6-11-2)7-13-16(14,15)10-4-3-5-12-8-10/h3-5,8-9,11,13H,6-7H2,1-2H3. The van der Waals surface area contributed by atoms with Crippen LogP contribution in [0, 0.1) is 5.92 Å². The predicted octanol–water partition coefficient (Wildman–Crippen LogP) is 0.215. The van der Waals surface area contributed by atoms with Crippen LogP contribution in [0.3, 0.4) is 0 Å². The molecule has 1 rings (SSSR count). The minimum Gasteiger partial charge on any atom is -0.319 e. The number of rotatable bonds is 6. The highest BCUT2D eigenvalue weighted by Crippen LogP contribution is 2.05. The molecule has 0 aliphatic carbocycles. The summed E-state index contributed by atoms with van der Waals surface area (Å²) in [5.41, 5.74) is 0. The second-order valence-electron chi connectivity index (χ2n) is 3.70. The van der Waals surface area contributed by atoms with Gasteiger partial charge >= 0.3 is 0 Å². The van der Waals surface area contributed by atoms with Crippen LogP contribution in [-0.4, -0.2) is 33.5 Å². The molecule has 90 valence electrons. The van der Waals surface area contributed by atoms with E-state index in [2.05, 4.69) is 15.0 Å². The minimum atomic E-state index is -3.41. The molecule has 0 spiro atoms. The molecule has 2 N–H and O–H groups in total. The molecule has 0 aliphatic rings. The summed E-state index contributed by atoms with van der Waals surface area (Å²) in [5.74, 6) is 0.247. The molecule has 1 heterocycles. The highest BCUT2D eigenvalue weighted by Gasteiger charge is 2.14. The molecule has 0 saturated carbocycles. The van der Waals surface area contributed by atoms with Gasteiger partial charge in [-0.2, -0.15) is 0 Å². The molecule has 0 radical (unpaired) electrons. The molecule has 1 unspecified atom stereocenters. The van der Waals surface area contributed by atoms with Crippen molar-refractivity contribution in [2.24, 2.45) is 5.92 Å². The Morgan fingerprint density at radius 2 is 2.19 bits per heavy atom. The van der Waals surface area contributed by atoms with Gasteiger partial charge in [0.1, 0.15) is 4.90 Å². The lowest BCUT2D eigenvalue weighted by Crippen LogP contribution is -2.32. The largest absolute Gasteiger partial charge is 0.319 e. The first kappa shape index (κ1) is 13.1. The average Bonchev–Trinajstić information content (AvgIpc) is 2.28. The second-order valence-corrected chi connectivity index (χ2v) is 5.47. The summed E-state index contributed by atoms with van der Waals surface area (Å²) >= 11 is 0. The van der Waals surface area contributed by atoms with Crippen LogP contribution in [0.1, 0.15) is 6.92 Å². The van der Waals surface area contributed by atoms with Gasteiger partial charge in [0.25, 0.3) is 0 Å². The van der Waals surface area contributed by atoms with Crippen molar-refractivity contribution >= 4 is 10.0 Å². The van der Waals surface area contributed by atoms with Gasteiger partial charge in [0.05, 0.1) is 0 Å². The molecule has 0 bridgehead atoms. The highest BCUT2D eigenvalue weighted by molar-refractivity contribution is 7.89. The fourth-order valence-corrected chi connectivity index (χ4v) is 2.39. The zero-order valence-corrected chi connectivity index (χ0v) is 10.3. The summed E-state index contributed by atoms with van der Waals surface area (Å²) in [4.78, 5) is 3.98. The quantitative estimate of drug-likeness (QED) is 0.749. The van der Waals surface area contributed by atoms with Gasteiger partial charge < -0.3 is 5.32 Å². The van der Waals surface area contributed by atoms with Crippen LogP contribution in [0.5, 0.6) is 0 Å². The summed E-state index contributed by atoms with van der Waals surface area (Å²) < 4.78 is 26.1. The van der Waals surface area contributed by atoms with Crippen molar-refractivity contribution in [3.05, 3.63) is 24.5 Å². The summed E-state index contributed by atoms with van der Waals surface area (Å²) in [6, 6.07) is 3.13. The van der Waals surface area contributed by atoms with E-state index in [9.17, 15) is 8.42 Å². The molecule has 1 aromatic heterocycles. The lowest BCUT2D eigenvalue weighted by molar-refractivity contribution is 0.519. The van der Waals surface area contributed by atoms with Crippen molar-refractivity contribution in [3.8, 4) is 0 Å². The zero-order chi connectivity index (χ0) is 12.0. The molecule has 1 aromatic rings. The monoisotopic (exact) mass is 243 g/mol. The lowest BCUT2D eigenvalue weighted by Gasteiger charge is -2.12. The summed E-state index contributed by atoms with van der Waals surface area (Å²) in [6.07, 6.45) is 2.88. The maximum Gasteiger partial charge on any atom is 0.242 e. The molecule has 6 heteroatoms. The maximum atomic E-state index is 11.8. The molecule has 0 aromatic carbocycles. The van der Waals surface area contributed by atoms with Gasteiger partial charge in [0.15, 0.2) is 0 Å². The number of nitrogens with one attached hydrogen (secondary N) is 2. The Morgan fingerprint density at radius 1 is 1.44 bits per heavy atom. The molecule has 5 nitrogen and oxygen atoms in total. The smallest absolute Gasteiger partial charge is 0.242 e. The van der Waals surface area contributed by atoms with E-state index in [1.165, 1.54) is 12.3 Å². The molecule has 16 heavy (non-hydrogen) atoms. The third-order valence-electron chi connectivity index (χ3n) is 2.12. The number of hydrogen-bond acceptors (Lipinski definition) is 4. The summed E-state index contributed by atoms with van der Waals surface area (Å²) in [7, 11) is -1.57. The fraction of sp³-hybridized carbons (Fsp3) is 0.500. The SMILES string of the molecule is CNCC(C)CNS(=O)(=O)c1cccnc1. The van der Waals surface area contributed by atoms with Crippen molar-refractivity contribution in [1.29, 1.82) is 0 Å². The number of hydrogen-bond donors (Lipinski definition) is 2. The number of sulfonamides is 1. The van der Waals surface area contributed by atoms with Gasteiger partial charge in [-0.25, -0.2) is 13.1 Å². The van der Waals surface area contributed by atoms with Crippen LogP contribution in [0.2, 0.25) is 0 Å². The Bertz CT molecular complexity index is 405.